The van der Waals surface area contributed by atoms with E-state index in [2.05, 4.69) is 15.0 Å². The Morgan fingerprint density at radius 1 is 1.40 bits per heavy atom. The Bertz CT molecular complexity index is 839. The lowest BCUT2D eigenvalue weighted by Gasteiger charge is -2.12. The van der Waals surface area contributed by atoms with Gasteiger partial charge in [-0.1, -0.05) is 0 Å². The van der Waals surface area contributed by atoms with Crippen LogP contribution in [0, 0.1) is 0 Å². The Labute approximate surface area is 156 Å². The number of hydrogen-bond acceptors (Lipinski definition) is 7. The van der Waals surface area contributed by atoms with Crippen molar-refractivity contribution in [2.45, 2.75) is 13.5 Å². The molecule has 25 heavy (non-hydrogen) atoms. The number of nitrogens with one attached hydrogen (secondary N) is 2. The van der Waals surface area contributed by atoms with E-state index in [0.29, 0.717) is 22.1 Å². The van der Waals surface area contributed by atoms with Gasteiger partial charge in [0.2, 0.25) is 10.0 Å². The van der Waals surface area contributed by atoms with Crippen molar-refractivity contribution in [3.8, 4) is 5.75 Å². The number of carbonyl (C=O) groups is 1. The van der Waals surface area contributed by atoms with Gasteiger partial charge in [-0.3, -0.25) is 9.52 Å². The van der Waals surface area contributed by atoms with Crippen molar-refractivity contribution in [2.75, 3.05) is 22.9 Å². The van der Waals surface area contributed by atoms with Crippen LogP contribution in [-0.4, -0.2) is 32.2 Å². The maximum Gasteiger partial charge on any atom is 0.275 e. The summed E-state index contributed by atoms with van der Waals surface area (Å²) >= 11 is 1.31. The molecule has 0 saturated carbocycles. The summed E-state index contributed by atoms with van der Waals surface area (Å²) in [6.45, 7) is 1.81. The number of anilines is 2. The van der Waals surface area contributed by atoms with Gasteiger partial charge in [-0.25, -0.2) is 13.4 Å². The van der Waals surface area contributed by atoms with Crippen molar-refractivity contribution < 1.29 is 17.9 Å². The van der Waals surface area contributed by atoms with E-state index in [1.807, 2.05) is 0 Å². The molecule has 11 heteroatoms. The fourth-order valence-electron chi connectivity index (χ4n) is 1.80. The first kappa shape index (κ1) is 21.2. The second-order valence-corrected chi connectivity index (χ2v) is 7.66. The monoisotopic (exact) mass is 406 g/mol. The van der Waals surface area contributed by atoms with Crippen LogP contribution < -0.4 is 20.5 Å². The number of sulfonamides is 1. The van der Waals surface area contributed by atoms with Gasteiger partial charge in [-0.05, 0) is 19.1 Å². The first-order chi connectivity index (χ1) is 11.4. The number of amides is 1. The minimum Gasteiger partial charge on any atom is -0.494 e. The number of benzene rings is 1. The van der Waals surface area contributed by atoms with E-state index in [4.69, 9.17) is 10.5 Å². The molecule has 138 valence electrons. The van der Waals surface area contributed by atoms with Gasteiger partial charge < -0.3 is 15.8 Å². The molecule has 0 fully saturated rings. The first-order valence-corrected chi connectivity index (χ1v) is 9.56. The van der Waals surface area contributed by atoms with Gasteiger partial charge in [-0.15, -0.1) is 23.7 Å². The van der Waals surface area contributed by atoms with Crippen LogP contribution in [0.1, 0.15) is 22.4 Å². The van der Waals surface area contributed by atoms with Crippen LogP contribution in [0.25, 0.3) is 0 Å². The van der Waals surface area contributed by atoms with E-state index in [1.165, 1.54) is 37.5 Å². The molecule has 0 bridgehead atoms. The van der Waals surface area contributed by atoms with E-state index in [9.17, 15) is 13.2 Å². The molecule has 4 N–H and O–H groups in total. The van der Waals surface area contributed by atoms with E-state index in [1.54, 1.807) is 11.4 Å². The lowest BCUT2D eigenvalue weighted by molar-refractivity contribution is 0.102. The van der Waals surface area contributed by atoms with Crippen molar-refractivity contribution in [2.24, 2.45) is 5.73 Å². The number of nitrogens with zero attached hydrogens (tertiary/aromatic N) is 1. The second-order valence-electron chi connectivity index (χ2n) is 4.71. The molecule has 0 saturated heterocycles. The first-order valence-electron chi connectivity index (χ1n) is 7.03. The zero-order valence-corrected chi connectivity index (χ0v) is 16.1. The molecule has 1 aromatic carbocycles. The summed E-state index contributed by atoms with van der Waals surface area (Å²) in [6, 6.07) is 4.62. The number of methoxy groups -OCH3 is 1. The normalized spacial score (nSPS) is 10.7. The molecule has 1 heterocycles. The van der Waals surface area contributed by atoms with Crippen LogP contribution in [0.2, 0.25) is 0 Å². The van der Waals surface area contributed by atoms with Crippen LogP contribution in [0.5, 0.6) is 5.75 Å². The largest absolute Gasteiger partial charge is 0.494 e. The summed E-state index contributed by atoms with van der Waals surface area (Å²) in [5, 5.41) is 4.97. The van der Waals surface area contributed by atoms with E-state index >= 15 is 0 Å². The molecule has 0 spiro atoms. The highest BCUT2D eigenvalue weighted by Gasteiger charge is 2.14. The Hall–Kier alpha value is -1.88. The van der Waals surface area contributed by atoms with E-state index < -0.39 is 10.0 Å². The van der Waals surface area contributed by atoms with Gasteiger partial charge in [0.15, 0.2) is 0 Å². The zero-order valence-electron chi connectivity index (χ0n) is 13.6. The van der Waals surface area contributed by atoms with Crippen LogP contribution in [0.15, 0.2) is 23.6 Å². The summed E-state index contributed by atoms with van der Waals surface area (Å²) in [4.78, 5) is 16.2. The minimum absolute atomic E-state index is 0. The third kappa shape index (κ3) is 5.56. The van der Waals surface area contributed by atoms with Crippen LogP contribution >= 0.6 is 23.7 Å². The molecule has 0 unspecified atom stereocenters. The van der Waals surface area contributed by atoms with Crippen molar-refractivity contribution >= 4 is 51.0 Å². The lowest BCUT2D eigenvalue weighted by Crippen LogP contribution is -2.16. The number of thiazole rings is 1. The molecule has 2 aromatic rings. The fourth-order valence-corrected chi connectivity index (χ4v) is 3.10. The zero-order chi connectivity index (χ0) is 17.7. The van der Waals surface area contributed by atoms with Crippen molar-refractivity contribution in [1.82, 2.24) is 4.98 Å². The number of rotatable bonds is 7. The summed E-state index contributed by atoms with van der Waals surface area (Å²) in [5.74, 6) is -0.136. The number of carbonyl (C=O) groups excluding carboxylic acids is 1. The standard InChI is InChI=1S/C14H18N4O4S2.ClH/c1-3-24(20,21)18-10-5-4-9(6-12(10)22-2)16-14(19)11-8-23-13(7-15)17-11;/h4-6,8,18H,3,7,15H2,1-2H3,(H,16,19);1H. The summed E-state index contributed by atoms with van der Waals surface area (Å²) in [7, 11) is -2.01. The topological polar surface area (TPSA) is 123 Å². The quantitative estimate of drug-likeness (QED) is 0.646. The number of aromatic nitrogens is 1. The molecule has 0 aliphatic rings. The third-order valence-corrected chi connectivity index (χ3v) is 5.23. The molecule has 0 aliphatic heterocycles. The predicted molar refractivity (Wildman–Crippen MR) is 101 cm³/mol. The maximum absolute atomic E-state index is 12.1. The van der Waals surface area contributed by atoms with Gasteiger partial charge in [0.05, 0.1) is 18.6 Å². The highest BCUT2D eigenvalue weighted by molar-refractivity contribution is 7.92. The Morgan fingerprint density at radius 2 is 2.12 bits per heavy atom. The van der Waals surface area contributed by atoms with Gasteiger partial charge in [0.1, 0.15) is 16.5 Å². The second kappa shape index (κ2) is 8.99. The number of halogens is 1. The Kier molecular flexibility index (Phi) is 7.61. The van der Waals surface area contributed by atoms with Crippen LogP contribution in [-0.2, 0) is 16.6 Å². The van der Waals surface area contributed by atoms with Crippen molar-refractivity contribution in [3.05, 3.63) is 34.3 Å². The molecule has 0 aliphatic carbocycles. The van der Waals surface area contributed by atoms with Crippen molar-refractivity contribution in [1.29, 1.82) is 0 Å². The molecule has 2 rings (SSSR count). The van der Waals surface area contributed by atoms with E-state index in [0.717, 1.165) is 0 Å². The van der Waals surface area contributed by atoms with Crippen LogP contribution in [0.4, 0.5) is 11.4 Å². The van der Waals surface area contributed by atoms with Crippen LogP contribution in [0.3, 0.4) is 0 Å². The molecule has 8 nitrogen and oxygen atoms in total. The lowest BCUT2D eigenvalue weighted by atomic mass is 10.2. The maximum atomic E-state index is 12.1. The fraction of sp³-hybridized carbons (Fsp3) is 0.286. The highest BCUT2D eigenvalue weighted by Crippen LogP contribution is 2.29. The molecule has 1 amide bonds. The summed E-state index contributed by atoms with van der Waals surface area (Å²) < 4.78 is 30.9. The average molecular weight is 407 g/mol. The third-order valence-electron chi connectivity index (χ3n) is 3.06. The summed E-state index contributed by atoms with van der Waals surface area (Å²) in [6.07, 6.45) is 0. The molecule has 0 atom stereocenters. The van der Waals surface area contributed by atoms with Gasteiger partial charge in [0.25, 0.3) is 5.91 Å². The predicted octanol–water partition coefficient (Wildman–Crippen LogP) is 2.05. The van der Waals surface area contributed by atoms with Crippen molar-refractivity contribution in [3.63, 3.8) is 0 Å². The molecule has 0 radical (unpaired) electrons. The number of hydrogen-bond donors (Lipinski definition) is 3. The molecular formula is C14H19ClN4O4S2. The highest BCUT2D eigenvalue weighted by atomic mass is 35.5. The smallest absolute Gasteiger partial charge is 0.275 e. The number of nitrogens with two attached hydrogens (primary N) is 1. The van der Waals surface area contributed by atoms with Gasteiger partial charge >= 0.3 is 0 Å². The number of ether oxygens (including phenoxy) is 1. The molecular weight excluding hydrogens is 388 g/mol. The summed E-state index contributed by atoms with van der Waals surface area (Å²) in [5.41, 5.74) is 6.51. The minimum atomic E-state index is -3.42. The Morgan fingerprint density at radius 3 is 2.68 bits per heavy atom. The molecule has 1 aromatic heterocycles. The van der Waals surface area contributed by atoms with E-state index in [-0.39, 0.29) is 36.3 Å². The van der Waals surface area contributed by atoms with Gasteiger partial charge in [0, 0.05) is 23.7 Å². The average Bonchev–Trinajstić information content (AvgIpc) is 3.05. The SMILES string of the molecule is CCS(=O)(=O)Nc1ccc(NC(=O)c2csc(CN)n2)cc1OC.Cl. The Balaban J connectivity index is 0.00000312. The van der Waals surface area contributed by atoms with Gasteiger partial charge in [-0.2, -0.15) is 0 Å².